The van der Waals surface area contributed by atoms with Gasteiger partial charge >= 0.3 is 5.97 Å². The van der Waals surface area contributed by atoms with Crippen LogP contribution in [0.15, 0.2) is 102 Å². The number of hydrogen-bond donors (Lipinski definition) is 0. The van der Waals surface area contributed by atoms with Crippen LogP contribution in [0.3, 0.4) is 0 Å². The maximum Gasteiger partial charge on any atom is 0.343 e. The quantitative estimate of drug-likeness (QED) is 0.0713. The molecule has 2 heterocycles. The lowest BCUT2D eigenvalue weighted by atomic mass is 10.2. The van der Waals surface area contributed by atoms with E-state index in [1.807, 2.05) is 0 Å². The molecule has 12 heteroatoms. The van der Waals surface area contributed by atoms with Gasteiger partial charge in [0.25, 0.3) is 11.2 Å². The van der Waals surface area contributed by atoms with Gasteiger partial charge in [-0.2, -0.15) is 9.78 Å². The van der Waals surface area contributed by atoms with Crippen molar-refractivity contribution in [3.63, 3.8) is 0 Å². The summed E-state index contributed by atoms with van der Waals surface area (Å²) in [6.45, 7) is 0. The van der Waals surface area contributed by atoms with Crippen molar-refractivity contribution in [2.24, 2.45) is 5.10 Å². The summed E-state index contributed by atoms with van der Waals surface area (Å²) in [4.78, 5) is 41.1. The van der Waals surface area contributed by atoms with Crippen molar-refractivity contribution in [3.05, 3.63) is 120 Å². The fourth-order valence-electron chi connectivity index (χ4n) is 3.57. The molecule has 5 aromatic rings. The molecule has 0 aliphatic carbocycles. The van der Waals surface area contributed by atoms with E-state index in [2.05, 4.69) is 41.9 Å². The van der Waals surface area contributed by atoms with Crippen molar-refractivity contribution in [2.75, 3.05) is 0 Å². The Bertz CT molecular complexity index is 1780. The highest BCUT2D eigenvalue weighted by Gasteiger charge is 2.18. The van der Waals surface area contributed by atoms with Crippen LogP contribution in [0.4, 0.5) is 5.69 Å². The molecule has 38 heavy (non-hydrogen) atoms. The molecule has 0 spiro atoms. The number of rotatable bonds is 6. The summed E-state index contributed by atoms with van der Waals surface area (Å²) in [5.41, 5.74) is 0.381. The minimum absolute atomic E-state index is 0.114. The molecular weight excluding hydrogens is 624 g/mol. The first-order valence-electron chi connectivity index (χ1n) is 10.9. The number of aromatic nitrogens is 2. The monoisotopic (exact) mass is 636 g/mol. The molecule has 0 aliphatic heterocycles. The van der Waals surface area contributed by atoms with Gasteiger partial charge in [-0.05, 0) is 64.5 Å². The van der Waals surface area contributed by atoms with Crippen LogP contribution in [0, 0.1) is 10.1 Å². The maximum absolute atomic E-state index is 13.3. The Kier molecular flexibility index (Phi) is 6.99. The molecule has 2 aromatic heterocycles. The van der Waals surface area contributed by atoms with Crippen LogP contribution in [0.5, 0.6) is 5.75 Å². The van der Waals surface area contributed by atoms with Crippen molar-refractivity contribution < 1.29 is 18.9 Å². The van der Waals surface area contributed by atoms with Crippen LogP contribution >= 0.6 is 31.9 Å². The molecule has 0 unspecified atom stereocenters. The standard InChI is InChI=1S/C26H14Br2N4O6/c27-17-12-16(23(20(28)13-17)38-26(34)15-7-9-18(10-8-15)32(35)36)14-29-31-24(22-6-3-11-37-22)30-21-5-2-1-4-19(21)25(31)33/h1-14H. The molecule has 3 aromatic carbocycles. The molecule has 0 fully saturated rings. The predicted molar refractivity (Wildman–Crippen MR) is 147 cm³/mol. The lowest BCUT2D eigenvalue weighted by Crippen LogP contribution is -2.20. The van der Waals surface area contributed by atoms with Crippen molar-refractivity contribution >= 4 is 60.6 Å². The Morgan fingerprint density at radius 3 is 2.55 bits per heavy atom. The van der Waals surface area contributed by atoms with Crippen LogP contribution in [0.25, 0.3) is 22.5 Å². The number of hydrogen-bond acceptors (Lipinski definition) is 8. The first kappa shape index (κ1) is 25.2. The van der Waals surface area contributed by atoms with Crippen molar-refractivity contribution in [1.29, 1.82) is 0 Å². The zero-order chi connectivity index (χ0) is 26.8. The minimum Gasteiger partial charge on any atom is -0.461 e. The largest absolute Gasteiger partial charge is 0.461 e. The maximum atomic E-state index is 13.3. The zero-order valence-corrected chi connectivity index (χ0v) is 22.2. The topological polar surface area (TPSA) is 130 Å². The average Bonchev–Trinajstić information content (AvgIpc) is 3.45. The Hall–Kier alpha value is -4.42. The van der Waals surface area contributed by atoms with Crippen LogP contribution < -0.4 is 10.3 Å². The summed E-state index contributed by atoms with van der Waals surface area (Å²) < 4.78 is 13.3. The van der Waals surface area contributed by atoms with E-state index in [0.29, 0.717) is 31.2 Å². The summed E-state index contributed by atoms with van der Waals surface area (Å²) >= 11 is 6.80. The molecule has 0 saturated carbocycles. The first-order chi connectivity index (χ1) is 18.3. The van der Waals surface area contributed by atoms with E-state index in [1.165, 1.54) is 36.7 Å². The van der Waals surface area contributed by atoms with E-state index in [1.54, 1.807) is 48.5 Å². The first-order valence-corrected chi connectivity index (χ1v) is 12.5. The van der Waals surface area contributed by atoms with E-state index in [4.69, 9.17) is 9.15 Å². The number of benzene rings is 3. The molecule has 0 N–H and O–H groups in total. The third-order valence-corrected chi connectivity index (χ3v) is 6.40. The van der Waals surface area contributed by atoms with Gasteiger partial charge in [-0.1, -0.05) is 28.1 Å². The second-order valence-corrected chi connectivity index (χ2v) is 9.56. The fraction of sp³-hybridized carbons (Fsp3) is 0. The number of fused-ring (bicyclic) bond motifs is 1. The summed E-state index contributed by atoms with van der Waals surface area (Å²) in [7, 11) is 0. The normalized spacial score (nSPS) is 11.2. The van der Waals surface area contributed by atoms with Gasteiger partial charge in [-0.3, -0.25) is 14.9 Å². The lowest BCUT2D eigenvalue weighted by Gasteiger charge is -2.11. The number of furan rings is 1. The van der Waals surface area contributed by atoms with E-state index < -0.39 is 16.5 Å². The number of para-hydroxylation sites is 1. The van der Waals surface area contributed by atoms with Crippen LogP contribution in [0.1, 0.15) is 15.9 Å². The van der Waals surface area contributed by atoms with Crippen molar-refractivity contribution in [1.82, 2.24) is 9.66 Å². The number of nitrogens with zero attached hydrogens (tertiary/aromatic N) is 4. The molecule has 5 rings (SSSR count). The minimum atomic E-state index is -0.738. The summed E-state index contributed by atoms with van der Waals surface area (Å²) in [5, 5.41) is 15.7. The number of halogens is 2. The number of nitro benzene ring substituents is 1. The molecule has 10 nitrogen and oxygen atoms in total. The highest BCUT2D eigenvalue weighted by molar-refractivity contribution is 9.11. The van der Waals surface area contributed by atoms with Crippen LogP contribution in [-0.2, 0) is 0 Å². The lowest BCUT2D eigenvalue weighted by molar-refractivity contribution is -0.384. The molecule has 0 amide bonds. The smallest absolute Gasteiger partial charge is 0.343 e. The average molecular weight is 638 g/mol. The van der Waals surface area contributed by atoms with E-state index in [9.17, 15) is 19.7 Å². The Morgan fingerprint density at radius 2 is 1.84 bits per heavy atom. The van der Waals surface area contributed by atoms with E-state index in [0.717, 1.165) is 4.68 Å². The van der Waals surface area contributed by atoms with Crippen molar-refractivity contribution in [2.45, 2.75) is 0 Å². The molecule has 0 radical (unpaired) electrons. The number of ether oxygens (including phenoxy) is 1. The van der Waals surface area contributed by atoms with Gasteiger partial charge in [0.05, 0.1) is 38.3 Å². The molecule has 188 valence electrons. The third-order valence-electron chi connectivity index (χ3n) is 5.35. The highest BCUT2D eigenvalue weighted by Crippen LogP contribution is 2.33. The fourth-order valence-corrected chi connectivity index (χ4v) is 4.91. The molecular formula is C26H14Br2N4O6. The number of carbonyl (C=O) groups excluding carboxylic acids is 1. The summed E-state index contributed by atoms with van der Waals surface area (Å²) in [5.74, 6) is -0.0845. The second-order valence-electron chi connectivity index (χ2n) is 7.79. The predicted octanol–water partition coefficient (Wildman–Crippen LogP) is 6.19. The van der Waals surface area contributed by atoms with Gasteiger partial charge in [0, 0.05) is 22.2 Å². The number of esters is 1. The second kappa shape index (κ2) is 10.5. The SMILES string of the molecule is O=C(Oc1c(Br)cc(Br)cc1C=Nn1c(-c2ccco2)nc2ccccc2c1=O)c1ccc([N+](=O)[O-])cc1. The Labute approximate surface area is 230 Å². The van der Waals surface area contributed by atoms with Gasteiger partial charge in [-0.25, -0.2) is 9.78 Å². The van der Waals surface area contributed by atoms with Gasteiger partial charge in [0.15, 0.2) is 11.5 Å². The number of non-ortho nitro benzene ring substituents is 1. The number of carbonyl (C=O) groups is 1. The summed E-state index contributed by atoms with van der Waals surface area (Å²) in [6.07, 6.45) is 2.82. The Morgan fingerprint density at radius 1 is 1.08 bits per heavy atom. The van der Waals surface area contributed by atoms with Gasteiger partial charge in [0.1, 0.15) is 0 Å². The molecule has 0 atom stereocenters. The van der Waals surface area contributed by atoms with Gasteiger partial charge < -0.3 is 9.15 Å². The number of nitro groups is 1. The molecule has 0 saturated heterocycles. The van der Waals surface area contributed by atoms with Gasteiger partial charge in [-0.15, -0.1) is 0 Å². The third kappa shape index (κ3) is 5.04. The zero-order valence-electron chi connectivity index (χ0n) is 19.1. The van der Waals surface area contributed by atoms with E-state index >= 15 is 0 Å². The Balaban J connectivity index is 1.57. The molecule has 0 bridgehead atoms. The van der Waals surface area contributed by atoms with Crippen LogP contribution in [0.2, 0.25) is 0 Å². The van der Waals surface area contributed by atoms with E-state index in [-0.39, 0.29) is 22.8 Å². The van der Waals surface area contributed by atoms with Crippen molar-refractivity contribution in [3.8, 4) is 17.3 Å². The van der Waals surface area contributed by atoms with Gasteiger partial charge in [0.2, 0.25) is 5.82 Å². The van der Waals surface area contributed by atoms with Crippen LogP contribution in [-0.4, -0.2) is 26.8 Å². The summed E-state index contributed by atoms with van der Waals surface area (Å²) in [6, 6.07) is 18.6. The molecule has 0 aliphatic rings. The highest BCUT2D eigenvalue weighted by atomic mass is 79.9.